The Bertz CT molecular complexity index is 768. The van der Waals surface area contributed by atoms with Crippen LogP contribution in [0.5, 0.6) is 0 Å². The molecule has 0 spiro atoms. The highest BCUT2D eigenvalue weighted by molar-refractivity contribution is 5.91. The van der Waals surface area contributed by atoms with Crippen molar-refractivity contribution in [3.05, 3.63) is 28.8 Å². The van der Waals surface area contributed by atoms with E-state index >= 15 is 0 Å². The summed E-state index contributed by atoms with van der Waals surface area (Å²) in [4.78, 5) is 12.1. The molecule has 1 saturated heterocycles. The maximum atomic E-state index is 12.1. The summed E-state index contributed by atoms with van der Waals surface area (Å²) < 4.78 is 18.6. The van der Waals surface area contributed by atoms with Crippen LogP contribution in [0.25, 0.3) is 11.3 Å². The van der Waals surface area contributed by atoms with Crippen LogP contribution in [-0.4, -0.2) is 35.1 Å². The number of ether oxygens (including phenoxy) is 2. The van der Waals surface area contributed by atoms with Crippen LogP contribution in [0.3, 0.4) is 0 Å². The molecule has 0 aromatic carbocycles. The quantitative estimate of drug-likeness (QED) is 0.807. The second-order valence-electron chi connectivity index (χ2n) is 6.43. The Hall–Kier alpha value is -2.08. The summed E-state index contributed by atoms with van der Waals surface area (Å²) in [5.74, 6) is 0.749. The summed E-state index contributed by atoms with van der Waals surface area (Å²) in [5, 5.41) is 4.76. The van der Waals surface area contributed by atoms with E-state index in [1.165, 1.54) is 5.56 Å². The van der Waals surface area contributed by atoms with E-state index in [1.807, 2.05) is 11.6 Å². The molecule has 1 aliphatic heterocycles. The molecule has 0 amide bonds. The summed E-state index contributed by atoms with van der Waals surface area (Å²) in [6.07, 6.45) is 6.24. The Labute approximate surface area is 140 Å². The van der Waals surface area contributed by atoms with Crippen LogP contribution in [0.1, 0.15) is 47.2 Å². The van der Waals surface area contributed by atoms with Gasteiger partial charge < -0.3 is 13.9 Å². The summed E-state index contributed by atoms with van der Waals surface area (Å²) in [5.41, 5.74) is 3.93. The van der Waals surface area contributed by atoms with Gasteiger partial charge in [0.25, 0.3) is 0 Å². The molecule has 24 heavy (non-hydrogen) atoms. The van der Waals surface area contributed by atoms with Crippen LogP contribution in [0, 0.1) is 6.92 Å². The lowest BCUT2D eigenvalue weighted by atomic mass is 9.94. The molecular weight excluding hydrogens is 308 g/mol. The number of aromatic nitrogens is 2. The van der Waals surface area contributed by atoms with Gasteiger partial charge in [0, 0.05) is 30.4 Å². The molecule has 0 unspecified atom stereocenters. The van der Waals surface area contributed by atoms with Crippen molar-refractivity contribution in [2.45, 2.75) is 52.2 Å². The van der Waals surface area contributed by atoms with E-state index in [1.54, 1.807) is 6.92 Å². The summed E-state index contributed by atoms with van der Waals surface area (Å²) in [7, 11) is 0. The molecule has 0 saturated carbocycles. The first-order valence-electron chi connectivity index (χ1n) is 8.65. The first kappa shape index (κ1) is 15.4. The van der Waals surface area contributed by atoms with Crippen LogP contribution in [-0.2, 0) is 28.9 Å². The van der Waals surface area contributed by atoms with E-state index in [4.69, 9.17) is 19.0 Å². The molecule has 0 bridgehead atoms. The first-order valence-corrected chi connectivity index (χ1v) is 8.65. The van der Waals surface area contributed by atoms with Crippen LogP contribution >= 0.6 is 0 Å². The Balaban J connectivity index is 1.67. The number of rotatable bonds is 4. The molecular formula is C18H22N2O4. The Morgan fingerprint density at radius 2 is 2.33 bits per heavy atom. The van der Waals surface area contributed by atoms with Crippen molar-refractivity contribution in [3.63, 3.8) is 0 Å². The van der Waals surface area contributed by atoms with Crippen molar-refractivity contribution < 1.29 is 18.7 Å². The number of hydrogen-bond acceptors (Lipinski definition) is 5. The number of carbonyl (C=O) groups is 1. The van der Waals surface area contributed by atoms with Crippen LogP contribution < -0.4 is 0 Å². The second kappa shape index (κ2) is 6.09. The maximum Gasteiger partial charge on any atom is 0.374 e. The van der Waals surface area contributed by atoms with Gasteiger partial charge in [-0.1, -0.05) is 0 Å². The Kier molecular flexibility index (Phi) is 3.92. The fourth-order valence-electron chi connectivity index (χ4n) is 3.65. The summed E-state index contributed by atoms with van der Waals surface area (Å²) >= 11 is 0. The number of nitrogens with zero attached hydrogens (tertiary/aromatic N) is 2. The molecule has 1 fully saturated rings. The van der Waals surface area contributed by atoms with Crippen molar-refractivity contribution in [1.29, 1.82) is 0 Å². The predicted octanol–water partition coefficient (Wildman–Crippen LogP) is 2.91. The minimum atomic E-state index is -0.398. The van der Waals surface area contributed by atoms with Gasteiger partial charge >= 0.3 is 5.97 Å². The molecule has 2 aromatic rings. The van der Waals surface area contributed by atoms with Gasteiger partial charge in [-0.05, 0) is 38.7 Å². The van der Waals surface area contributed by atoms with Crippen molar-refractivity contribution in [2.75, 3.05) is 13.2 Å². The van der Waals surface area contributed by atoms with Crippen molar-refractivity contribution >= 4 is 5.97 Å². The molecule has 0 radical (unpaired) electrons. The SMILES string of the molecule is CCOC(=O)c1oc2c(c1C)-c1nn(C[C@H]3CCCO3)cc1CC2. The van der Waals surface area contributed by atoms with E-state index in [-0.39, 0.29) is 6.10 Å². The molecule has 2 aliphatic rings. The maximum absolute atomic E-state index is 12.1. The lowest BCUT2D eigenvalue weighted by molar-refractivity contribution is 0.0487. The average molecular weight is 330 g/mol. The number of hydrogen-bond donors (Lipinski definition) is 0. The number of carbonyl (C=O) groups excluding carboxylic acids is 1. The van der Waals surface area contributed by atoms with Crippen LogP contribution in [0.15, 0.2) is 10.6 Å². The van der Waals surface area contributed by atoms with E-state index < -0.39 is 5.97 Å². The third-order valence-electron chi connectivity index (χ3n) is 4.79. The Morgan fingerprint density at radius 3 is 3.08 bits per heavy atom. The fraction of sp³-hybridized carbons (Fsp3) is 0.556. The van der Waals surface area contributed by atoms with Crippen molar-refractivity contribution in [3.8, 4) is 11.3 Å². The van der Waals surface area contributed by atoms with Crippen LogP contribution in [0.4, 0.5) is 0 Å². The zero-order valence-electron chi connectivity index (χ0n) is 14.1. The Morgan fingerprint density at radius 1 is 1.46 bits per heavy atom. The molecule has 0 N–H and O–H groups in total. The van der Waals surface area contributed by atoms with E-state index in [0.29, 0.717) is 12.4 Å². The smallest absolute Gasteiger partial charge is 0.374 e. The first-order chi connectivity index (χ1) is 11.7. The molecule has 3 heterocycles. The van der Waals surface area contributed by atoms with Gasteiger partial charge in [-0.25, -0.2) is 4.79 Å². The number of fused-ring (bicyclic) bond motifs is 3. The molecule has 4 rings (SSSR count). The predicted molar refractivity (Wildman–Crippen MR) is 87.0 cm³/mol. The van der Waals surface area contributed by atoms with Gasteiger partial charge in [-0.15, -0.1) is 0 Å². The number of esters is 1. The lowest BCUT2D eigenvalue weighted by Crippen LogP contribution is -2.15. The topological polar surface area (TPSA) is 66.5 Å². The van der Waals surface area contributed by atoms with Crippen molar-refractivity contribution in [1.82, 2.24) is 9.78 Å². The monoisotopic (exact) mass is 330 g/mol. The molecule has 1 aliphatic carbocycles. The highest BCUT2D eigenvalue weighted by Gasteiger charge is 2.30. The number of furan rings is 1. The molecule has 128 valence electrons. The summed E-state index contributed by atoms with van der Waals surface area (Å²) in [6, 6.07) is 0. The zero-order chi connectivity index (χ0) is 16.7. The standard InChI is InChI=1S/C18H22N2O4/c1-3-22-18(21)17-11(2)15-14(24-17)7-6-12-9-20(19-16(12)15)10-13-5-4-8-23-13/h9,13H,3-8,10H2,1-2H3/t13-/m1/s1. The van der Waals surface area contributed by atoms with E-state index in [2.05, 4.69) is 6.20 Å². The van der Waals surface area contributed by atoms with E-state index in [9.17, 15) is 4.79 Å². The second-order valence-corrected chi connectivity index (χ2v) is 6.43. The van der Waals surface area contributed by atoms with E-state index in [0.717, 1.165) is 61.4 Å². The highest BCUT2D eigenvalue weighted by atomic mass is 16.5. The zero-order valence-corrected chi connectivity index (χ0v) is 14.1. The van der Waals surface area contributed by atoms with Gasteiger partial charge in [0.2, 0.25) is 5.76 Å². The molecule has 2 aromatic heterocycles. The molecule has 1 atom stereocenters. The minimum Gasteiger partial charge on any atom is -0.460 e. The largest absolute Gasteiger partial charge is 0.460 e. The van der Waals surface area contributed by atoms with Gasteiger partial charge in [0.1, 0.15) is 5.76 Å². The summed E-state index contributed by atoms with van der Waals surface area (Å²) in [6.45, 7) is 5.66. The van der Waals surface area contributed by atoms with Gasteiger partial charge in [0.15, 0.2) is 0 Å². The fourth-order valence-corrected chi connectivity index (χ4v) is 3.65. The molecule has 6 nitrogen and oxygen atoms in total. The third-order valence-corrected chi connectivity index (χ3v) is 4.79. The third kappa shape index (κ3) is 2.55. The van der Waals surface area contributed by atoms with Gasteiger partial charge in [0.05, 0.1) is 24.9 Å². The number of aryl methyl sites for hydroxylation is 2. The van der Waals surface area contributed by atoms with Crippen LogP contribution in [0.2, 0.25) is 0 Å². The van der Waals surface area contributed by atoms with Gasteiger partial charge in [-0.2, -0.15) is 5.10 Å². The lowest BCUT2D eigenvalue weighted by Gasteiger charge is -2.09. The average Bonchev–Trinajstić information content (AvgIpc) is 3.26. The minimum absolute atomic E-state index is 0.256. The normalized spacial score (nSPS) is 19.2. The van der Waals surface area contributed by atoms with Crippen molar-refractivity contribution in [2.24, 2.45) is 0 Å². The highest BCUT2D eigenvalue weighted by Crippen LogP contribution is 2.38. The van der Waals surface area contributed by atoms with Gasteiger partial charge in [-0.3, -0.25) is 4.68 Å². The molecule has 6 heteroatoms.